The highest BCUT2D eigenvalue weighted by atomic mass is 32.1. The largest absolute Gasteiger partial charge is 0.481 e. The quantitative estimate of drug-likeness (QED) is 0.631. The number of nitrogens with one attached hydrogen (secondary N) is 1. The highest BCUT2D eigenvalue weighted by Crippen LogP contribution is 1.99. The first-order chi connectivity index (χ1) is 4.68. The van der Waals surface area contributed by atoms with Crippen molar-refractivity contribution >= 4 is 18.2 Å². The van der Waals surface area contributed by atoms with Crippen molar-refractivity contribution in [3.05, 3.63) is 16.5 Å². The molecule has 0 fully saturated rings. The molecule has 54 valence electrons. The van der Waals surface area contributed by atoms with Crippen LogP contribution in [0.5, 0.6) is 0 Å². The number of rotatable bonds is 2. The summed E-state index contributed by atoms with van der Waals surface area (Å²) in [5.41, 5.74) is 0. The summed E-state index contributed by atoms with van der Waals surface area (Å²) in [5, 5.41) is 10.6. The van der Waals surface area contributed by atoms with Crippen molar-refractivity contribution in [2.24, 2.45) is 0 Å². The van der Waals surface area contributed by atoms with Crippen molar-refractivity contribution in [3.8, 4) is 0 Å². The Morgan fingerprint density at radius 1 is 1.90 bits per heavy atom. The van der Waals surface area contributed by atoms with Gasteiger partial charge in [0.2, 0.25) is 0 Å². The molecule has 0 aliphatic heterocycles. The van der Waals surface area contributed by atoms with Gasteiger partial charge in [0.15, 0.2) is 0 Å². The van der Waals surface area contributed by atoms with Gasteiger partial charge < -0.3 is 9.63 Å². The van der Waals surface area contributed by atoms with E-state index < -0.39 is 5.97 Å². The molecule has 0 radical (unpaired) electrons. The smallest absolute Gasteiger partial charge is 0.311 e. The van der Waals surface area contributed by atoms with Crippen LogP contribution in [0.1, 0.15) is 5.76 Å². The van der Waals surface area contributed by atoms with Gasteiger partial charge in [-0.25, -0.2) is 5.16 Å². The predicted molar refractivity (Wildman–Crippen MR) is 35.2 cm³/mol. The molecule has 0 atom stereocenters. The second kappa shape index (κ2) is 2.66. The first-order valence-corrected chi connectivity index (χ1v) is 2.98. The molecule has 1 aromatic rings. The van der Waals surface area contributed by atoms with Crippen LogP contribution in [0.3, 0.4) is 0 Å². The fourth-order valence-corrected chi connectivity index (χ4v) is 0.730. The summed E-state index contributed by atoms with van der Waals surface area (Å²) in [6, 6.07) is 1.48. The minimum Gasteiger partial charge on any atom is -0.481 e. The molecule has 0 spiro atoms. The number of H-pyrrole nitrogens is 1. The van der Waals surface area contributed by atoms with E-state index in [1.54, 1.807) is 0 Å². The SMILES string of the molecule is O=C(O)Cc1cc(=S)[nH]o1. The number of hydrogen-bond acceptors (Lipinski definition) is 3. The Morgan fingerprint density at radius 2 is 2.60 bits per heavy atom. The Balaban J connectivity index is 2.76. The Morgan fingerprint density at radius 3 is 3.00 bits per heavy atom. The molecule has 0 bridgehead atoms. The molecule has 0 saturated heterocycles. The van der Waals surface area contributed by atoms with Gasteiger partial charge in [0.1, 0.15) is 16.8 Å². The zero-order valence-corrected chi connectivity index (χ0v) is 5.77. The Bertz CT molecular complexity index is 287. The molecule has 0 amide bonds. The van der Waals surface area contributed by atoms with Crippen LogP contribution in [0.4, 0.5) is 0 Å². The van der Waals surface area contributed by atoms with Gasteiger partial charge >= 0.3 is 5.97 Å². The van der Waals surface area contributed by atoms with Gasteiger partial charge in [-0.1, -0.05) is 12.2 Å². The van der Waals surface area contributed by atoms with E-state index >= 15 is 0 Å². The molecule has 0 saturated carbocycles. The van der Waals surface area contributed by atoms with Gasteiger partial charge in [0, 0.05) is 6.07 Å². The van der Waals surface area contributed by atoms with Crippen molar-refractivity contribution in [2.75, 3.05) is 0 Å². The lowest BCUT2D eigenvalue weighted by Crippen LogP contribution is -1.97. The minimum absolute atomic E-state index is 0.132. The maximum atomic E-state index is 10.1. The van der Waals surface area contributed by atoms with Gasteiger partial charge in [0.05, 0.1) is 0 Å². The lowest BCUT2D eigenvalue weighted by atomic mass is 10.3. The van der Waals surface area contributed by atoms with Gasteiger partial charge in [-0.2, -0.15) is 0 Å². The Labute approximate surface area is 61.4 Å². The van der Waals surface area contributed by atoms with E-state index in [0.29, 0.717) is 10.4 Å². The van der Waals surface area contributed by atoms with E-state index in [1.165, 1.54) is 6.07 Å². The molecule has 1 aromatic heterocycles. The van der Waals surface area contributed by atoms with Crippen LogP contribution in [0.25, 0.3) is 0 Å². The third-order valence-electron chi connectivity index (χ3n) is 0.900. The molecular weight excluding hydrogens is 154 g/mol. The summed E-state index contributed by atoms with van der Waals surface area (Å²) in [5.74, 6) is -0.588. The molecule has 0 unspecified atom stereocenters. The van der Waals surface area contributed by atoms with Crippen LogP contribution in [0.2, 0.25) is 0 Å². The van der Waals surface area contributed by atoms with Crippen molar-refractivity contribution in [3.63, 3.8) is 0 Å². The molecule has 2 N–H and O–H groups in total. The number of aliphatic carboxylic acids is 1. The molecule has 0 aliphatic carbocycles. The van der Waals surface area contributed by atoms with Gasteiger partial charge in [-0.15, -0.1) is 0 Å². The maximum absolute atomic E-state index is 10.1. The molecule has 10 heavy (non-hydrogen) atoms. The number of hydrogen-bond donors (Lipinski definition) is 2. The molecule has 1 heterocycles. The lowest BCUT2D eigenvalue weighted by Gasteiger charge is -1.83. The number of aromatic nitrogens is 1. The molecule has 4 nitrogen and oxygen atoms in total. The minimum atomic E-state index is -0.933. The van der Waals surface area contributed by atoms with Crippen LogP contribution in [0, 0.1) is 4.64 Å². The highest BCUT2D eigenvalue weighted by Gasteiger charge is 2.02. The van der Waals surface area contributed by atoms with Gasteiger partial charge in [-0.3, -0.25) is 4.79 Å². The van der Waals surface area contributed by atoms with Gasteiger partial charge in [0.25, 0.3) is 0 Å². The number of aromatic amines is 1. The maximum Gasteiger partial charge on any atom is 0.311 e. The topological polar surface area (TPSA) is 66.2 Å². The fourth-order valence-electron chi connectivity index (χ4n) is 0.557. The van der Waals surface area contributed by atoms with Crippen LogP contribution < -0.4 is 0 Å². The standard InChI is InChI=1S/C5H5NO3S/c7-5(8)2-3-1-4(10)6-9-3/h1H,2H2,(H,6,10)(H,7,8). The van der Waals surface area contributed by atoms with Gasteiger partial charge in [-0.05, 0) is 0 Å². The second-order valence-electron chi connectivity index (χ2n) is 1.75. The van der Waals surface area contributed by atoms with Crippen molar-refractivity contribution in [2.45, 2.75) is 6.42 Å². The fraction of sp³-hybridized carbons (Fsp3) is 0.200. The summed E-state index contributed by atoms with van der Waals surface area (Å²) in [7, 11) is 0. The number of carboxylic acid groups (broad SMARTS) is 1. The van der Waals surface area contributed by atoms with E-state index in [0.717, 1.165) is 0 Å². The summed E-state index contributed by atoms with van der Waals surface area (Å²) < 4.78 is 5.08. The zero-order chi connectivity index (χ0) is 7.56. The molecule has 5 heteroatoms. The highest BCUT2D eigenvalue weighted by molar-refractivity contribution is 7.71. The Kier molecular flexibility index (Phi) is 1.86. The monoisotopic (exact) mass is 159 g/mol. The average molecular weight is 159 g/mol. The molecule has 1 rings (SSSR count). The van der Waals surface area contributed by atoms with Crippen LogP contribution >= 0.6 is 12.2 Å². The number of carbonyl (C=O) groups is 1. The van der Waals surface area contributed by atoms with E-state index in [4.69, 9.17) is 5.11 Å². The van der Waals surface area contributed by atoms with Crippen molar-refractivity contribution in [1.82, 2.24) is 5.16 Å². The van der Waals surface area contributed by atoms with E-state index in [-0.39, 0.29) is 6.42 Å². The van der Waals surface area contributed by atoms with Crippen molar-refractivity contribution < 1.29 is 14.4 Å². The van der Waals surface area contributed by atoms with E-state index in [1.807, 2.05) is 0 Å². The second-order valence-corrected chi connectivity index (χ2v) is 2.19. The number of carboxylic acids is 1. The third kappa shape index (κ3) is 1.70. The van der Waals surface area contributed by atoms with Crippen LogP contribution in [-0.2, 0) is 11.2 Å². The normalized spacial score (nSPS) is 9.60. The van der Waals surface area contributed by atoms with E-state index in [9.17, 15) is 4.79 Å². The molecule has 0 aliphatic rings. The predicted octanol–water partition coefficient (Wildman–Crippen LogP) is 0.964. The first kappa shape index (κ1) is 7.01. The summed E-state index contributed by atoms with van der Waals surface area (Å²) in [6.45, 7) is 0. The first-order valence-electron chi connectivity index (χ1n) is 2.57. The van der Waals surface area contributed by atoms with E-state index in [2.05, 4.69) is 21.9 Å². The van der Waals surface area contributed by atoms with Crippen molar-refractivity contribution in [1.29, 1.82) is 0 Å². The zero-order valence-electron chi connectivity index (χ0n) is 4.96. The molecule has 0 aromatic carbocycles. The lowest BCUT2D eigenvalue weighted by molar-refractivity contribution is -0.136. The Hall–Kier alpha value is -1.10. The third-order valence-corrected chi connectivity index (χ3v) is 1.10. The summed E-state index contributed by atoms with van der Waals surface area (Å²) >= 11 is 4.64. The average Bonchev–Trinajstić information content (AvgIpc) is 2.13. The molecular formula is C5H5NO3S. The summed E-state index contributed by atoms with van der Waals surface area (Å²) in [6.07, 6.45) is -0.132. The van der Waals surface area contributed by atoms with Crippen LogP contribution in [0.15, 0.2) is 10.6 Å². The summed E-state index contributed by atoms with van der Waals surface area (Å²) in [4.78, 5) is 10.1. The van der Waals surface area contributed by atoms with Crippen LogP contribution in [-0.4, -0.2) is 16.2 Å².